The third-order valence-electron chi connectivity index (χ3n) is 5.61. The molecule has 4 rings (SSSR count). The van der Waals surface area contributed by atoms with E-state index in [1.54, 1.807) is 12.4 Å². The topological polar surface area (TPSA) is 49.3 Å². The summed E-state index contributed by atoms with van der Waals surface area (Å²) in [6.45, 7) is 1.56. The van der Waals surface area contributed by atoms with Crippen molar-refractivity contribution in [3.05, 3.63) is 84.3 Å². The Morgan fingerprint density at radius 3 is 2.24 bits per heavy atom. The Kier molecular flexibility index (Phi) is 5.84. The van der Waals surface area contributed by atoms with Crippen LogP contribution in [0.1, 0.15) is 28.9 Å². The highest BCUT2D eigenvalue weighted by Gasteiger charge is 2.24. The lowest BCUT2D eigenvalue weighted by molar-refractivity contribution is 0.0684. The molecule has 1 aliphatic heterocycles. The summed E-state index contributed by atoms with van der Waals surface area (Å²) in [7, 11) is 1.94. The summed E-state index contributed by atoms with van der Waals surface area (Å²) in [5, 5.41) is 0. The smallest absolute Gasteiger partial charge is 0.274 e. The number of amides is 1. The first-order valence-electron chi connectivity index (χ1n) is 10.1. The molecule has 29 heavy (non-hydrogen) atoms. The number of anilines is 2. The van der Waals surface area contributed by atoms with Gasteiger partial charge in [0.1, 0.15) is 5.69 Å². The maximum absolute atomic E-state index is 12.8. The molecule has 5 nitrogen and oxygen atoms in total. The fourth-order valence-electron chi connectivity index (χ4n) is 3.84. The molecule has 1 aromatic heterocycles. The van der Waals surface area contributed by atoms with Crippen LogP contribution in [0.15, 0.2) is 73.1 Å². The van der Waals surface area contributed by atoms with E-state index in [-0.39, 0.29) is 5.91 Å². The summed E-state index contributed by atoms with van der Waals surface area (Å²) in [5.41, 5.74) is 2.82. The molecule has 2 heterocycles. The van der Waals surface area contributed by atoms with E-state index < -0.39 is 0 Å². The Hall–Kier alpha value is -3.21. The van der Waals surface area contributed by atoms with Gasteiger partial charge in [-0.2, -0.15) is 0 Å². The van der Waals surface area contributed by atoms with Gasteiger partial charge in [0.05, 0.1) is 12.4 Å². The van der Waals surface area contributed by atoms with Crippen LogP contribution >= 0.6 is 0 Å². The molecule has 148 valence electrons. The molecule has 1 amide bonds. The molecule has 5 heteroatoms. The lowest BCUT2D eigenvalue weighted by atomic mass is 9.90. The van der Waals surface area contributed by atoms with E-state index in [4.69, 9.17) is 0 Å². The first kappa shape index (κ1) is 19.1. The number of hydrogen-bond donors (Lipinski definition) is 0. The first-order valence-corrected chi connectivity index (χ1v) is 10.1. The van der Waals surface area contributed by atoms with Crippen LogP contribution in [0.2, 0.25) is 0 Å². The van der Waals surface area contributed by atoms with Gasteiger partial charge in [-0.15, -0.1) is 0 Å². The Bertz CT molecular complexity index is 920. The number of piperidine rings is 1. The molecule has 2 aromatic carbocycles. The minimum absolute atomic E-state index is 0.0235. The van der Waals surface area contributed by atoms with Crippen molar-refractivity contribution in [1.82, 2.24) is 14.9 Å². The minimum Gasteiger partial charge on any atom is -0.337 e. The number of rotatable bonds is 5. The Balaban J connectivity index is 1.34. The molecule has 1 aliphatic rings. The van der Waals surface area contributed by atoms with Crippen molar-refractivity contribution in [1.29, 1.82) is 0 Å². The predicted octanol–water partition coefficient (Wildman–Crippen LogP) is 4.34. The van der Waals surface area contributed by atoms with Crippen LogP contribution in [-0.2, 0) is 6.42 Å². The van der Waals surface area contributed by atoms with E-state index in [2.05, 4.69) is 40.3 Å². The van der Waals surface area contributed by atoms with Crippen molar-refractivity contribution in [3.8, 4) is 0 Å². The van der Waals surface area contributed by atoms with Gasteiger partial charge in [0.15, 0.2) is 5.82 Å². The minimum atomic E-state index is -0.0235. The number of carbonyl (C=O) groups excluding carboxylic acids is 1. The molecule has 0 aliphatic carbocycles. The zero-order valence-corrected chi connectivity index (χ0v) is 16.7. The number of hydrogen-bond acceptors (Lipinski definition) is 4. The van der Waals surface area contributed by atoms with Gasteiger partial charge >= 0.3 is 0 Å². The average molecular weight is 386 g/mol. The largest absolute Gasteiger partial charge is 0.337 e. The van der Waals surface area contributed by atoms with Gasteiger partial charge in [-0.3, -0.25) is 4.79 Å². The van der Waals surface area contributed by atoms with Gasteiger partial charge in [0.2, 0.25) is 0 Å². The molecular formula is C24H26N4O. The summed E-state index contributed by atoms with van der Waals surface area (Å²) in [6.07, 6.45) is 6.41. The third kappa shape index (κ3) is 4.62. The number of benzene rings is 2. The van der Waals surface area contributed by atoms with Crippen LogP contribution < -0.4 is 4.90 Å². The van der Waals surface area contributed by atoms with Gasteiger partial charge in [-0.05, 0) is 42.9 Å². The maximum atomic E-state index is 12.8. The van der Waals surface area contributed by atoms with Crippen LogP contribution in [0.5, 0.6) is 0 Å². The quantitative estimate of drug-likeness (QED) is 0.654. The number of nitrogens with zero attached hydrogens (tertiary/aromatic N) is 4. The molecule has 0 radical (unpaired) electrons. The highest BCUT2D eigenvalue weighted by molar-refractivity contribution is 5.92. The zero-order chi connectivity index (χ0) is 20.1. The van der Waals surface area contributed by atoms with Gasteiger partial charge in [0.25, 0.3) is 5.91 Å². The molecule has 1 fully saturated rings. The van der Waals surface area contributed by atoms with Crippen LogP contribution in [0.3, 0.4) is 0 Å². The monoisotopic (exact) mass is 386 g/mol. The molecule has 1 saturated heterocycles. The van der Waals surface area contributed by atoms with Gasteiger partial charge in [-0.25, -0.2) is 9.97 Å². The summed E-state index contributed by atoms with van der Waals surface area (Å²) in [6, 6.07) is 20.6. The zero-order valence-electron chi connectivity index (χ0n) is 16.7. The van der Waals surface area contributed by atoms with Crippen molar-refractivity contribution in [2.45, 2.75) is 19.3 Å². The third-order valence-corrected chi connectivity index (χ3v) is 5.61. The van der Waals surface area contributed by atoms with Gasteiger partial charge < -0.3 is 9.80 Å². The highest BCUT2D eigenvalue weighted by Crippen LogP contribution is 2.23. The van der Waals surface area contributed by atoms with Gasteiger partial charge in [0, 0.05) is 25.8 Å². The van der Waals surface area contributed by atoms with Crippen LogP contribution in [0.4, 0.5) is 11.5 Å². The molecule has 0 unspecified atom stereocenters. The van der Waals surface area contributed by atoms with Crippen LogP contribution in [0, 0.1) is 5.92 Å². The van der Waals surface area contributed by atoms with E-state index in [0.29, 0.717) is 17.4 Å². The molecule has 3 aromatic rings. The van der Waals surface area contributed by atoms with E-state index >= 15 is 0 Å². The number of carbonyl (C=O) groups is 1. The lowest BCUT2D eigenvalue weighted by Gasteiger charge is -2.32. The first-order chi connectivity index (χ1) is 14.2. The molecule has 0 spiro atoms. The van der Waals surface area contributed by atoms with Crippen LogP contribution in [-0.4, -0.2) is 40.9 Å². The summed E-state index contributed by atoms with van der Waals surface area (Å²) in [5.74, 6) is 1.33. The molecule has 0 atom stereocenters. The fourth-order valence-corrected chi connectivity index (χ4v) is 3.84. The summed E-state index contributed by atoms with van der Waals surface area (Å²) < 4.78 is 0. The average Bonchev–Trinajstić information content (AvgIpc) is 2.80. The second-order valence-electron chi connectivity index (χ2n) is 7.58. The van der Waals surface area contributed by atoms with E-state index in [9.17, 15) is 4.79 Å². The highest BCUT2D eigenvalue weighted by atomic mass is 16.2. The molecule has 0 saturated carbocycles. The van der Waals surface area contributed by atoms with Crippen molar-refractivity contribution in [3.63, 3.8) is 0 Å². The number of likely N-dealkylation sites (tertiary alicyclic amines) is 1. The van der Waals surface area contributed by atoms with Crippen LogP contribution in [0.25, 0.3) is 0 Å². The Labute approximate surface area is 172 Å². The SMILES string of the molecule is CN(c1ccccc1)c1cnc(C(=O)N2CCC(Cc3ccccc3)CC2)cn1. The second kappa shape index (κ2) is 8.86. The maximum Gasteiger partial charge on any atom is 0.274 e. The molecule has 0 N–H and O–H groups in total. The standard InChI is InChI=1S/C24H26N4O/c1-27(21-10-6-3-7-11-21)23-18-25-22(17-26-23)24(29)28-14-12-20(13-15-28)16-19-8-4-2-5-9-19/h2-11,17-18,20H,12-16H2,1H3. The summed E-state index contributed by atoms with van der Waals surface area (Å²) in [4.78, 5) is 25.5. The summed E-state index contributed by atoms with van der Waals surface area (Å²) >= 11 is 0. The number of para-hydroxylation sites is 1. The fraction of sp³-hybridized carbons (Fsp3) is 0.292. The van der Waals surface area contributed by atoms with E-state index in [1.807, 2.05) is 47.2 Å². The second-order valence-corrected chi connectivity index (χ2v) is 7.58. The lowest BCUT2D eigenvalue weighted by Crippen LogP contribution is -2.39. The predicted molar refractivity (Wildman–Crippen MR) is 115 cm³/mol. The molecule has 0 bridgehead atoms. The normalized spacial score (nSPS) is 14.6. The Morgan fingerprint density at radius 1 is 0.966 bits per heavy atom. The molecular weight excluding hydrogens is 360 g/mol. The van der Waals surface area contributed by atoms with E-state index in [0.717, 1.165) is 38.0 Å². The van der Waals surface area contributed by atoms with Crippen molar-refractivity contribution in [2.24, 2.45) is 5.92 Å². The van der Waals surface area contributed by atoms with E-state index in [1.165, 1.54) is 5.56 Å². The van der Waals surface area contributed by atoms with Crippen molar-refractivity contribution in [2.75, 3.05) is 25.0 Å². The van der Waals surface area contributed by atoms with Crippen molar-refractivity contribution >= 4 is 17.4 Å². The Morgan fingerprint density at radius 2 is 1.62 bits per heavy atom. The number of aromatic nitrogens is 2. The van der Waals surface area contributed by atoms with Gasteiger partial charge in [-0.1, -0.05) is 48.5 Å². The van der Waals surface area contributed by atoms with Crippen molar-refractivity contribution < 1.29 is 4.79 Å².